The van der Waals surface area contributed by atoms with Gasteiger partial charge in [0.2, 0.25) is 0 Å². The molecule has 0 saturated heterocycles. The molecule has 0 bridgehead atoms. The van der Waals surface area contributed by atoms with Crippen LogP contribution in [0.3, 0.4) is 0 Å². The molecular weight excluding hydrogens is 188 g/mol. The molecule has 0 aliphatic rings. The van der Waals surface area contributed by atoms with E-state index in [1.807, 2.05) is 0 Å². The molecule has 1 aromatic rings. The summed E-state index contributed by atoms with van der Waals surface area (Å²) in [7, 11) is 2.97. The monoisotopic (exact) mass is 200 g/mol. The van der Waals surface area contributed by atoms with Crippen molar-refractivity contribution in [2.75, 3.05) is 14.2 Å². The van der Waals surface area contributed by atoms with Crippen LogP contribution >= 0.6 is 0 Å². The van der Waals surface area contributed by atoms with Crippen LogP contribution in [0, 0.1) is 5.21 Å². The lowest BCUT2D eigenvalue weighted by atomic mass is 10.3. The minimum Gasteiger partial charge on any atom is -0.708 e. The van der Waals surface area contributed by atoms with Gasteiger partial charge in [0.1, 0.15) is 18.9 Å². The molecule has 6 heteroatoms. The average molecular weight is 200 g/mol. The Morgan fingerprint density at radius 3 is 2.64 bits per heavy atom. The van der Waals surface area contributed by atoms with Crippen molar-refractivity contribution < 1.29 is 19.3 Å². The van der Waals surface area contributed by atoms with Crippen LogP contribution in [0.15, 0.2) is 6.07 Å². The molecule has 0 fully saturated rings. The highest BCUT2D eigenvalue weighted by atomic mass is 16.5. The molecule has 6 nitrogen and oxygen atoms in total. The second-order valence-corrected chi connectivity index (χ2v) is 2.70. The van der Waals surface area contributed by atoms with E-state index in [0.717, 1.165) is 0 Å². The first kappa shape index (κ1) is 10.7. The maximum absolute atomic E-state index is 11.2. The van der Waals surface area contributed by atoms with Gasteiger partial charge in [0.25, 0.3) is 0 Å². The molecule has 1 heterocycles. The molecule has 0 atom stereocenters. The predicted octanol–water partition coefficient (Wildman–Crippen LogP) is -0.287. The van der Waals surface area contributed by atoms with Gasteiger partial charge in [0, 0.05) is 20.3 Å². The van der Waals surface area contributed by atoms with Crippen molar-refractivity contribution in [3.63, 3.8) is 0 Å². The Morgan fingerprint density at radius 1 is 1.43 bits per heavy atom. The molecule has 14 heavy (non-hydrogen) atoms. The summed E-state index contributed by atoms with van der Waals surface area (Å²) >= 11 is 0. The summed E-state index contributed by atoms with van der Waals surface area (Å²) in [5.41, 5.74) is 0.788. The Hall–Kier alpha value is -1.40. The third-order valence-electron chi connectivity index (χ3n) is 1.60. The molecule has 0 aliphatic heterocycles. The minimum atomic E-state index is -0.591. The topological polar surface area (TPSA) is 78.5 Å². The molecule has 0 aromatic carbocycles. The quantitative estimate of drug-likeness (QED) is 0.534. The summed E-state index contributed by atoms with van der Waals surface area (Å²) in [5.74, 6) is 0. The molecule has 0 saturated carbocycles. The second-order valence-electron chi connectivity index (χ2n) is 2.70. The van der Waals surface area contributed by atoms with Gasteiger partial charge in [-0.15, -0.1) is 0 Å². The smallest absolute Gasteiger partial charge is 0.499 e. The third-order valence-corrected chi connectivity index (χ3v) is 1.60. The zero-order chi connectivity index (χ0) is 10.6. The fourth-order valence-electron chi connectivity index (χ4n) is 1.06. The first-order valence-corrected chi connectivity index (χ1v) is 3.98. The van der Waals surface area contributed by atoms with Gasteiger partial charge in [-0.25, -0.2) is 0 Å². The maximum atomic E-state index is 11.2. The van der Waals surface area contributed by atoms with Crippen LogP contribution in [0.2, 0.25) is 0 Å². The van der Waals surface area contributed by atoms with Crippen LogP contribution in [0.1, 0.15) is 11.4 Å². The van der Waals surface area contributed by atoms with Gasteiger partial charge in [-0.2, -0.15) is 4.73 Å². The fourth-order valence-corrected chi connectivity index (χ4v) is 1.06. The molecule has 0 amide bonds. The van der Waals surface area contributed by atoms with Crippen molar-refractivity contribution in [2.45, 2.75) is 13.2 Å². The van der Waals surface area contributed by atoms with Crippen molar-refractivity contribution in [3.8, 4) is 6.01 Å². The molecule has 78 valence electrons. The van der Waals surface area contributed by atoms with Crippen LogP contribution in [-0.4, -0.2) is 24.3 Å². The zero-order valence-electron chi connectivity index (χ0n) is 8.06. The van der Waals surface area contributed by atoms with Gasteiger partial charge in [0.05, 0.1) is 0 Å². The number of rotatable bonds is 4. The van der Waals surface area contributed by atoms with E-state index < -0.39 is 6.01 Å². The van der Waals surface area contributed by atoms with Crippen LogP contribution in [0.5, 0.6) is 6.01 Å². The van der Waals surface area contributed by atoms with Crippen LogP contribution in [0.4, 0.5) is 0 Å². The Bertz CT molecular complexity index is 316. The Kier molecular flexibility index (Phi) is 3.61. The highest BCUT2D eigenvalue weighted by Gasteiger charge is 2.14. The number of aromatic nitrogens is 2. The van der Waals surface area contributed by atoms with E-state index in [4.69, 9.17) is 14.6 Å². The first-order valence-electron chi connectivity index (χ1n) is 3.98. The third kappa shape index (κ3) is 2.30. The van der Waals surface area contributed by atoms with Gasteiger partial charge >= 0.3 is 6.01 Å². The molecule has 0 spiro atoms. The number of hydrogen-bond donors (Lipinski definition) is 1. The van der Waals surface area contributed by atoms with E-state index in [1.54, 1.807) is 0 Å². The summed E-state index contributed by atoms with van der Waals surface area (Å²) in [4.78, 5) is 3.63. The number of nitrogens with zero attached hydrogens (tertiary/aromatic N) is 2. The number of ether oxygens (including phenoxy) is 2. The summed E-state index contributed by atoms with van der Waals surface area (Å²) in [6.45, 7) is 0.363. The molecular formula is C8H12N2O4. The van der Waals surface area contributed by atoms with Gasteiger partial charge in [-0.05, 0) is 4.98 Å². The fraction of sp³-hybridized carbons (Fsp3) is 0.500. The van der Waals surface area contributed by atoms with Gasteiger partial charge in [0.15, 0.2) is 5.69 Å². The highest BCUT2D eigenvalue weighted by molar-refractivity contribution is 5.06. The SMILES string of the molecule is COCc1cc(COC)[n+]([O-])c(O)n1. The average Bonchev–Trinajstić information content (AvgIpc) is 2.14. The molecule has 1 N–H and O–H groups in total. The van der Waals surface area contributed by atoms with Gasteiger partial charge in [-0.1, -0.05) is 0 Å². The Morgan fingerprint density at radius 2 is 2.07 bits per heavy atom. The van der Waals surface area contributed by atoms with Crippen molar-refractivity contribution in [2.24, 2.45) is 0 Å². The summed E-state index contributed by atoms with van der Waals surface area (Å²) < 4.78 is 9.95. The predicted molar refractivity (Wildman–Crippen MR) is 46.3 cm³/mol. The van der Waals surface area contributed by atoms with E-state index in [1.165, 1.54) is 20.3 Å². The largest absolute Gasteiger partial charge is 0.708 e. The number of aromatic hydroxyl groups is 1. The van der Waals surface area contributed by atoms with E-state index in [2.05, 4.69) is 4.98 Å². The Labute approximate surface area is 81.3 Å². The first-order chi connectivity index (χ1) is 6.69. The van der Waals surface area contributed by atoms with Crippen molar-refractivity contribution in [1.82, 2.24) is 4.98 Å². The summed E-state index contributed by atoms with van der Waals surface area (Å²) in [6.07, 6.45) is 0. The number of methoxy groups -OCH3 is 2. The molecule has 1 aromatic heterocycles. The standard InChI is InChI=1S/C8H12N2O4/c1-13-4-6-3-7(5-14-2)10(12)8(11)9-6/h3H,4-5H2,1-2H3,(H,9,11). The van der Waals surface area contributed by atoms with E-state index in [9.17, 15) is 5.21 Å². The van der Waals surface area contributed by atoms with Crippen molar-refractivity contribution in [3.05, 3.63) is 22.7 Å². The molecule has 0 radical (unpaired) electrons. The van der Waals surface area contributed by atoms with E-state index in [-0.39, 0.29) is 13.2 Å². The van der Waals surface area contributed by atoms with Crippen LogP contribution in [-0.2, 0) is 22.7 Å². The van der Waals surface area contributed by atoms with E-state index in [0.29, 0.717) is 16.1 Å². The maximum Gasteiger partial charge on any atom is 0.499 e. The summed E-state index contributed by atoms with van der Waals surface area (Å²) in [6, 6.07) is 0.936. The van der Waals surface area contributed by atoms with Gasteiger partial charge in [-0.3, -0.25) is 0 Å². The summed E-state index contributed by atoms with van der Waals surface area (Å²) in [5, 5.41) is 20.4. The molecule has 1 rings (SSSR count). The molecule has 0 aliphatic carbocycles. The molecule has 0 unspecified atom stereocenters. The normalized spacial score (nSPS) is 10.4. The van der Waals surface area contributed by atoms with Crippen molar-refractivity contribution >= 4 is 0 Å². The lowest BCUT2D eigenvalue weighted by Gasteiger charge is -2.08. The van der Waals surface area contributed by atoms with Gasteiger partial charge < -0.3 is 19.8 Å². The second kappa shape index (κ2) is 4.73. The zero-order valence-corrected chi connectivity index (χ0v) is 8.06. The number of hydrogen-bond acceptors (Lipinski definition) is 5. The van der Waals surface area contributed by atoms with Crippen molar-refractivity contribution in [1.29, 1.82) is 0 Å². The minimum absolute atomic E-state index is 0.121. The highest BCUT2D eigenvalue weighted by Crippen LogP contribution is 2.05. The van der Waals surface area contributed by atoms with Crippen LogP contribution in [0.25, 0.3) is 0 Å². The van der Waals surface area contributed by atoms with E-state index >= 15 is 0 Å². The lowest BCUT2D eigenvalue weighted by molar-refractivity contribution is -0.627. The lowest BCUT2D eigenvalue weighted by Crippen LogP contribution is -2.33. The Balaban J connectivity index is 3.01. The van der Waals surface area contributed by atoms with Crippen LogP contribution < -0.4 is 4.73 Å².